The van der Waals surface area contributed by atoms with Gasteiger partial charge < -0.3 is 41.7 Å². The number of aromatic nitrogens is 6. The molecule has 4 fully saturated rings. The summed E-state index contributed by atoms with van der Waals surface area (Å²) in [4.78, 5) is 86.0. The standard InChI is InChI=1S/C62H84N14O6.ClH/c1-41(63-3)57(77)65-49-27-13-11-25-47-33-35-53(75(47)61(49)81)59(79)67-55(45-21-7-5-8-22-45)51-39-73(71-69-51)37-17-15-19-43-29-31-44(32-30-43)20-16-18-38-74-40-52(70-72-74)56(46-23-9-6-10-24-46)68-60(80)54-36-34-48-26-12-14-28-50(62(82)76(48)54)66-58(78)42(2)64-4;/h5-10,21-24,29-32,39-42,47-50,53-56,63-64H,11-20,25-28,33-38H2,1-4H3,(H,65,77)(H,66,78)(H,67,79)(H,68,80);1H/t41-,42-,47-,48-,49-,50-,53-,54-,55-,56-;/m0./s1. The Kier molecular flexibility index (Phi) is 22.4. The fourth-order valence-corrected chi connectivity index (χ4v) is 12.3. The van der Waals surface area contributed by atoms with E-state index in [1.807, 2.05) is 82.4 Å². The lowest BCUT2D eigenvalue weighted by atomic mass is 9.98. The van der Waals surface area contributed by atoms with Crippen molar-refractivity contribution in [3.8, 4) is 0 Å². The molecule has 4 saturated heterocycles. The molecule has 0 saturated carbocycles. The number of nitrogens with one attached hydrogen (secondary N) is 6. The van der Waals surface area contributed by atoms with Gasteiger partial charge in [-0.1, -0.05) is 121 Å². The Bertz CT molecular complexity index is 2730. The number of halogens is 1. The van der Waals surface area contributed by atoms with Gasteiger partial charge in [0.1, 0.15) is 35.6 Å². The number of carbonyl (C=O) groups excluding carboxylic acids is 6. The zero-order valence-electron chi connectivity index (χ0n) is 48.6. The van der Waals surface area contributed by atoms with Crippen molar-refractivity contribution in [1.29, 1.82) is 0 Å². The van der Waals surface area contributed by atoms with E-state index in [9.17, 15) is 28.8 Å². The average molecular weight is 1160 g/mol. The number of rotatable bonds is 24. The normalized spacial score (nSPS) is 22.3. The first-order valence-electron chi connectivity index (χ1n) is 30.1. The summed E-state index contributed by atoms with van der Waals surface area (Å²) in [5.41, 5.74) is 5.53. The van der Waals surface area contributed by atoms with Crippen LogP contribution in [0.1, 0.15) is 162 Å². The number of unbranched alkanes of at least 4 members (excludes halogenated alkanes) is 2. The molecule has 4 aliphatic rings. The monoisotopic (exact) mass is 1160 g/mol. The van der Waals surface area contributed by atoms with Crippen LogP contribution >= 0.6 is 12.4 Å². The first kappa shape index (κ1) is 62.0. The molecular formula is C62H85ClN14O6. The average Bonchev–Trinajstić information content (AvgIpc) is 4.43. The summed E-state index contributed by atoms with van der Waals surface area (Å²) in [5, 5.41) is 36.4. The van der Waals surface area contributed by atoms with Crippen molar-refractivity contribution in [2.24, 2.45) is 0 Å². The van der Waals surface area contributed by atoms with Gasteiger partial charge >= 0.3 is 0 Å². The van der Waals surface area contributed by atoms with Gasteiger partial charge in [-0.3, -0.25) is 38.1 Å². The van der Waals surface area contributed by atoms with Crippen LogP contribution in [0.4, 0.5) is 0 Å². The molecule has 2 aromatic heterocycles. The van der Waals surface area contributed by atoms with E-state index in [4.69, 9.17) is 0 Å². The zero-order chi connectivity index (χ0) is 57.5. The van der Waals surface area contributed by atoms with Crippen LogP contribution in [0.2, 0.25) is 0 Å². The second-order valence-corrected chi connectivity index (χ2v) is 22.9. The summed E-state index contributed by atoms with van der Waals surface area (Å²) in [6, 6.07) is 23.5. The summed E-state index contributed by atoms with van der Waals surface area (Å²) in [6.07, 6.45) is 18.2. The minimum absolute atomic E-state index is 0. The maximum absolute atomic E-state index is 14.3. The van der Waals surface area contributed by atoms with E-state index < -0.39 is 48.3 Å². The molecule has 0 aliphatic carbocycles. The van der Waals surface area contributed by atoms with E-state index in [1.165, 1.54) is 11.1 Å². The minimum atomic E-state index is -0.676. The van der Waals surface area contributed by atoms with Crippen molar-refractivity contribution >= 4 is 47.9 Å². The van der Waals surface area contributed by atoms with Gasteiger partial charge in [0.15, 0.2) is 0 Å². The second-order valence-electron chi connectivity index (χ2n) is 22.9. The largest absolute Gasteiger partial charge is 0.343 e. The highest BCUT2D eigenvalue weighted by atomic mass is 35.5. The number of nitrogens with zero attached hydrogens (tertiary/aromatic N) is 8. The third kappa shape index (κ3) is 15.8. The smallest absolute Gasteiger partial charge is 0.246 e. The van der Waals surface area contributed by atoms with Crippen LogP contribution < -0.4 is 31.9 Å². The van der Waals surface area contributed by atoms with E-state index in [2.05, 4.69) is 76.8 Å². The van der Waals surface area contributed by atoms with Crippen LogP contribution in [0.5, 0.6) is 0 Å². The predicted octanol–water partition coefficient (Wildman–Crippen LogP) is 5.80. The van der Waals surface area contributed by atoms with Crippen LogP contribution in [0.25, 0.3) is 0 Å². The van der Waals surface area contributed by atoms with Gasteiger partial charge in [-0.05, 0) is 140 Å². The van der Waals surface area contributed by atoms with Gasteiger partial charge in [0.2, 0.25) is 35.4 Å². The van der Waals surface area contributed by atoms with E-state index in [0.717, 1.165) is 101 Å². The van der Waals surface area contributed by atoms with Gasteiger partial charge in [-0.25, -0.2) is 0 Å². The Hall–Kier alpha value is -7.03. The molecule has 9 rings (SSSR count). The summed E-state index contributed by atoms with van der Waals surface area (Å²) in [6.45, 7) is 4.86. The molecule has 83 heavy (non-hydrogen) atoms. The third-order valence-corrected chi connectivity index (χ3v) is 17.3. The van der Waals surface area contributed by atoms with E-state index in [1.54, 1.807) is 37.7 Å². The Labute approximate surface area is 494 Å². The quantitative estimate of drug-likeness (QED) is 0.0402. The van der Waals surface area contributed by atoms with Crippen LogP contribution in [0, 0.1) is 0 Å². The van der Waals surface area contributed by atoms with Crippen molar-refractivity contribution in [2.45, 2.75) is 203 Å². The van der Waals surface area contributed by atoms with Crippen LogP contribution in [-0.4, -0.2) is 138 Å². The van der Waals surface area contributed by atoms with Crippen molar-refractivity contribution in [1.82, 2.24) is 71.7 Å². The molecular weight excluding hydrogens is 1070 g/mol. The lowest BCUT2D eigenvalue weighted by Crippen LogP contribution is -2.58. The lowest BCUT2D eigenvalue weighted by Gasteiger charge is -2.36. The third-order valence-electron chi connectivity index (χ3n) is 17.3. The maximum Gasteiger partial charge on any atom is 0.246 e. The lowest BCUT2D eigenvalue weighted by molar-refractivity contribution is -0.144. The number of hydrogen-bond donors (Lipinski definition) is 6. The summed E-state index contributed by atoms with van der Waals surface area (Å²) >= 11 is 0. The number of carbonyl (C=O) groups is 6. The first-order valence-corrected chi connectivity index (χ1v) is 30.1. The number of benzene rings is 3. The molecule has 6 amide bonds. The zero-order valence-corrected chi connectivity index (χ0v) is 49.4. The Morgan fingerprint density at radius 3 is 1.29 bits per heavy atom. The van der Waals surface area contributed by atoms with E-state index >= 15 is 0 Å². The highest BCUT2D eigenvalue weighted by Gasteiger charge is 2.46. The molecule has 6 N–H and O–H groups in total. The molecule has 0 unspecified atom stereocenters. The SMILES string of the molecule is CN[C@@H](C)C(=O)N[C@H]1CCCC[C@H]2CC[C@@H](C(=O)N[C@@H](c3ccccc3)c3cn(CCCCc4ccc(CCCCn5cc([C@@H](NC(=O)[C@@H]6CC[C@@H]7CCCC[C@H](NC(=O)[C@H](C)NC)C(=O)N76)c6ccccc6)nn5)cc4)nn3)N2C1=O.Cl. The van der Waals surface area contributed by atoms with Crippen molar-refractivity contribution in [2.75, 3.05) is 14.1 Å². The summed E-state index contributed by atoms with van der Waals surface area (Å²) in [7, 11) is 3.43. The van der Waals surface area contributed by atoms with Gasteiger partial charge in [0, 0.05) is 25.2 Å². The highest BCUT2D eigenvalue weighted by Crippen LogP contribution is 2.34. The van der Waals surface area contributed by atoms with Gasteiger partial charge in [0.25, 0.3) is 0 Å². The van der Waals surface area contributed by atoms with Crippen LogP contribution in [0.15, 0.2) is 97.3 Å². The van der Waals surface area contributed by atoms with E-state index in [0.29, 0.717) is 50.2 Å². The molecule has 21 heteroatoms. The molecule has 5 aromatic rings. The number of aryl methyl sites for hydroxylation is 4. The first-order chi connectivity index (χ1) is 39.9. The molecule has 6 heterocycles. The predicted molar refractivity (Wildman–Crippen MR) is 318 cm³/mol. The molecule has 0 radical (unpaired) electrons. The highest BCUT2D eigenvalue weighted by molar-refractivity contribution is 5.95. The van der Waals surface area contributed by atoms with Gasteiger partial charge in [0.05, 0.1) is 36.6 Å². The fourth-order valence-electron chi connectivity index (χ4n) is 12.3. The molecule has 446 valence electrons. The van der Waals surface area contributed by atoms with Gasteiger partial charge in [-0.2, -0.15) is 0 Å². The molecule has 0 bridgehead atoms. The van der Waals surface area contributed by atoms with Crippen LogP contribution in [-0.2, 0) is 54.7 Å². The number of likely N-dealkylation sites (N-methyl/N-ethyl adjacent to an activating group) is 2. The molecule has 0 spiro atoms. The van der Waals surface area contributed by atoms with Crippen molar-refractivity contribution < 1.29 is 28.8 Å². The second kappa shape index (κ2) is 30.0. The Morgan fingerprint density at radius 2 is 0.904 bits per heavy atom. The fraction of sp³-hybridized carbons (Fsp3) is 0.548. The molecule has 10 atom stereocenters. The minimum Gasteiger partial charge on any atom is -0.343 e. The Balaban J connectivity index is 0.00000900. The summed E-state index contributed by atoms with van der Waals surface area (Å²) < 4.78 is 3.68. The van der Waals surface area contributed by atoms with Gasteiger partial charge in [-0.15, -0.1) is 22.6 Å². The Morgan fingerprint density at radius 1 is 0.518 bits per heavy atom. The van der Waals surface area contributed by atoms with Crippen molar-refractivity contribution in [3.63, 3.8) is 0 Å². The number of fused-ring (bicyclic) bond motifs is 2. The molecule has 4 aliphatic heterocycles. The maximum atomic E-state index is 14.3. The topological polar surface area (TPSA) is 242 Å². The number of amides is 6. The van der Waals surface area contributed by atoms with E-state index in [-0.39, 0.29) is 59.9 Å². The van der Waals surface area contributed by atoms with Crippen LogP contribution in [0.3, 0.4) is 0 Å². The van der Waals surface area contributed by atoms with Crippen molar-refractivity contribution in [3.05, 3.63) is 131 Å². The number of hydrogen-bond acceptors (Lipinski definition) is 12. The summed E-state index contributed by atoms with van der Waals surface area (Å²) in [5.74, 6) is -1.31. The molecule has 20 nitrogen and oxygen atoms in total. The molecule has 3 aromatic carbocycles.